The SMILES string of the molecule is O=Cc1c[nH]c2nccc(-c3ccc(Cl)nc3)c12. The Morgan fingerprint density at radius 2 is 2.11 bits per heavy atom. The molecule has 3 heterocycles. The van der Waals surface area contributed by atoms with Crippen LogP contribution in [0.1, 0.15) is 10.4 Å². The van der Waals surface area contributed by atoms with Crippen LogP contribution in [-0.4, -0.2) is 21.2 Å². The number of carbonyl (C=O) groups excluding carboxylic acids is 1. The monoisotopic (exact) mass is 257 g/mol. The van der Waals surface area contributed by atoms with Gasteiger partial charge in [-0.2, -0.15) is 0 Å². The molecule has 0 fully saturated rings. The van der Waals surface area contributed by atoms with Gasteiger partial charge >= 0.3 is 0 Å². The van der Waals surface area contributed by atoms with Gasteiger partial charge in [0.05, 0.1) is 0 Å². The maximum absolute atomic E-state index is 11.0. The topological polar surface area (TPSA) is 58.6 Å². The van der Waals surface area contributed by atoms with Gasteiger partial charge in [-0.15, -0.1) is 0 Å². The molecular formula is C13H8ClN3O. The first-order valence-electron chi connectivity index (χ1n) is 5.33. The van der Waals surface area contributed by atoms with Gasteiger partial charge in [-0.3, -0.25) is 4.79 Å². The second kappa shape index (κ2) is 4.23. The van der Waals surface area contributed by atoms with Crippen LogP contribution >= 0.6 is 11.6 Å². The number of fused-ring (bicyclic) bond motifs is 1. The number of H-pyrrole nitrogens is 1. The van der Waals surface area contributed by atoms with Gasteiger partial charge in [0.25, 0.3) is 0 Å². The second-order valence-electron chi connectivity index (χ2n) is 3.81. The third-order valence-electron chi connectivity index (χ3n) is 2.77. The van der Waals surface area contributed by atoms with Crippen LogP contribution in [-0.2, 0) is 0 Å². The van der Waals surface area contributed by atoms with Gasteiger partial charge in [-0.1, -0.05) is 11.6 Å². The molecule has 0 saturated carbocycles. The third-order valence-corrected chi connectivity index (χ3v) is 2.99. The lowest BCUT2D eigenvalue weighted by atomic mass is 10.0. The number of carbonyl (C=O) groups is 1. The predicted octanol–water partition coefficient (Wildman–Crippen LogP) is 3.09. The molecular weight excluding hydrogens is 250 g/mol. The van der Waals surface area contributed by atoms with Gasteiger partial charge in [0, 0.05) is 35.1 Å². The Balaban J connectivity index is 2.31. The van der Waals surface area contributed by atoms with Gasteiger partial charge in [0.2, 0.25) is 0 Å². The molecule has 0 aliphatic rings. The molecule has 1 N–H and O–H groups in total. The Bertz CT molecular complexity index is 719. The zero-order chi connectivity index (χ0) is 12.5. The summed E-state index contributed by atoms with van der Waals surface area (Å²) in [6.07, 6.45) is 5.83. The molecule has 3 aromatic heterocycles. The highest BCUT2D eigenvalue weighted by atomic mass is 35.5. The van der Waals surface area contributed by atoms with E-state index in [0.29, 0.717) is 16.4 Å². The molecule has 0 amide bonds. The Morgan fingerprint density at radius 3 is 2.83 bits per heavy atom. The standard InChI is InChI=1S/C13H8ClN3O/c14-11-2-1-8(5-16-11)10-3-4-15-13-12(10)9(7-18)6-17-13/h1-7H,(H,15,17). The zero-order valence-corrected chi connectivity index (χ0v) is 9.98. The number of aldehydes is 1. The smallest absolute Gasteiger partial charge is 0.152 e. The maximum atomic E-state index is 11.0. The van der Waals surface area contributed by atoms with Crippen molar-refractivity contribution in [1.82, 2.24) is 15.0 Å². The lowest BCUT2D eigenvalue weighted by Gasteiger charge is -2.03. The van der Waals surface area contributed by atoms with E-state index in [0.717, 1.165) is 22.8 Å². The molecule has 0 unspecified atom stereocenters. The normalized spacial score (nSPS) is 10.7. The summed E-state index contributed by atoms with van der Waals surface area (Å²) in [7, 11) is 0. The van der Waals surface area contributed by atoms with E-state index in [1.165, 1.54) is 0 Å². The summed E-state index contributed by atoms with van der Waals surface area (Å²) in [6, 6.07) is 5.44. The molecule has 4 nitrogen and oxygen atoms in total. The van der Waals surface area contributed by atoms with Crippen molar-refractivity contribution in [3.8, 4) is 11.1 Å². The van der Waals surface area contributed by atoms with Crippen LogP contribution < -0.4 is 0 Å². The fraction of sp³-hybridized carbons (Fsp3) is 0. The van der Waals surface area contributed by atoms with Crippen LogP contribution in [0.25, 0.3) is 22.2 Å². The molecule has 18 heavy (non-hydrogen) atoms. The molecule has 0 saturated heterocycles. The molecule has 88 valence electrons. The van der Waals surface area contributed by atoms with E-state index in [4.69, 9.17) is 11.6 Å². The van der Waals surface area contributed by atoms with E-state index in [1.54, 1.807) is 24.7 Å². The third kappa shape index (κ3) is 1.67. The summed E-state index contributed by atoms with van der Waals surface area (Å²) >= 11 is 5.77. The number of hydrogen-bond acceptors (Lipinski definition) is 3. The first-order chi connectivity index (χ1) is 8.79. The second-order valence-corrected chi connectivity index (χ2v) is 4.20. The summed E-state index contributed by atoms with van der Waals surface area (Å²) in [4.78, 5) is 22.2. The Kier molecular flexibility index (Phi) is 2.57. The molecule has 0 radical (unpaired) electrons. The lowest BCUT2D eigenvalue weighted by molar-refractivity contribution is 0.112. The Morgan fingerprint density at radius 1 is 1.22 bits per heavy atom. The molecule has 0 aromatic carbocycles. The number of aromatic nitrogens is 3. The summed E-state index contributed by atoms with van der Waals surface area (Å²) in [5.41, 5.74) is 3.08. The van der Waals surface area contributed by atoms with Crippen molar-refractivity contribution >= 4 is 28.9 Å². The van der Waals surface area contributed by atoms with Crippen molar-refractivity contribution in [2.24, 2.45) is 0 Å². The van der Waals surface area contributed by atoms with Crippen LogP contribution in [0.15, 0.2) is 36.8 Å². The maximum Gasteiger partial charge on any atom is 0.152 e. The fourth-order valence-electron chi connectivity index (χ4n) is 1.95. The lowest BCUT2D eigenvalue weighted by Crippen LogP contribution is -1.86. The highest BCUT2D eigenvalue weighted by Gasteiger charge is 2.10. The van der Waals surface area contributed by atoms with Crippen molar-refractivity contribution in [2.75, 3.05) is 0 Å². The van der Waals surface area contributed by atoms with Crippen LogP contribution in [0.2, 0.25) is 5.15 Å². The molecule has 0 spiro atoms. The quantitative estimate of drug-likeness (QED) is 0.567. The number of pyridine rings is 2. The van der Waals surface area contributed by atoms with Crippen LogP contribution in [0.3, 0.4) is 0 Å². The zero-order valence-electron chi connectivity index (χ0n) is 9.22. The number of nitrogens with zero attached hydrogens (tertiary/aromatic N) is 2. The number of rotatable bonds is 2. The van der Waals surface area contributed by atoms with E-state index in [1.807, 2.05) is 12.1 Å². The first-order valence-corrected chi connectivity index (χ1v) is 5.70. The predicted molar refractivity (Wildman–Crippen MR) is 69.7 cm³/mol. The van der Waals surface area contributed by atoms with Gasteiger partial charge in [-0.25, -0.2) is 9.97 Å². The highest BCUT2D eigenvalue weighted by Crippen LogP contribution is 2.29. The minimum Gasteiger partial charge on any atom is -0.345 e. The summed E-state index contributed by atoms with van der Waals surface area (Å²) in [5, 5.41) is 1.24. The fourth-order valence-corrected chi connectivity index (χ4v) is 2.06. The molecule has 3 rings (SSSR count). The average molecular weight is 258 g/mol. The van der Waals surface area contributed by atoms with E-state index in [-0.39, 0.29) is 0 Å². The number of nitrogens with one attached hydrogen (secondary N) is 1. The van der Waals surface area contributed by atoms with Gasteiger partial charge in [-0.05, 0) is 23.8 Å². The molecule has 3 aromatic rings. The van der Waals surface area contributed by atoms with Crippen molar-refractivity contribution in [3.63, 3.8) is 0 Å². The van der Waals surface area contributed by atoms with E-state index in [2.05, 4.69) is 15.0 Å². The van der Waals surface area contributed by atoms with Crippen LogP contribution in [0, 0.1) is 0 Å². The number of hydrogen-bond donors (Lipinski definition) is 1. The van der Waals surface area contributed by atoms with E-state index >= 15 is 0 Å². The average Bonchev–Trinajstić information content (AvgIpc) is 2.82. The minimum absolute atomic E-state index is 0.439. The van der Waals surface area contributed by atoms with Crippen molar-refractivity contribution < 1.29 is 4.79 Å². The summed E-state index contributed by atoms with van der Waals surface area (Å²) in [6.45, 7) is 0. The molecule has 0 atom stereocenters. The molecule has 0 bridgehead atoms. The summed E-state index contributed by atoms with van der Waals surface area (Å²) in [5.74, 6) is 0. The van der Waals surface area contributed by atoms with E-state index < -0.39 is 0 Å². The molecule has 0 aliphatic heterocycles. The Labute approximate surface area is 108 Å². The van der Waals surface area contributed by atoms with Crippen LogP contribution in [0.5, 0.6) is 0 Å². The van der Waals surface area contributed by atoms with Crippen molar-refractivity contribution in [3.05, 3.63) is 47.5 Å². The van der Waals surface area contributed by atoms with Crippen molar-refractivity contribution in [2.45, 2.75) is 0 Å². The Hall–Kier alpha value is -2.20. The van der Waals surface area contributed by atoms with Gasteiger partial charge in [0.15, 0.2) is 6.29 Å². The van der Waals surface area contributed by atoms with Gasteiger partial charge < -0.3 is 4.98 Å². The minimum atomic E-state index is 0.439. The van der Waals surface area contributed by atoms with E-state index in [9.17, 15) is 4.79 Å². The van der Waals surface area contributed by atoms with Crippen molar-refractivity contribution in [1.29, 1.82) is 0 Å². The number of halogens is 1. The molecule has 0 aliphatic carbocycles. The molecule has 5 heteroatoms. The first kappa shape index (κ1) is 10.9. The highest BCUT2D eigenvalue weighted by molar-refractivity contribution is 6.29. The van der Waals surface area contributed by atoms with Crippen LogP contribution in [0.4, 0.5) is 0 Å². The summed E-state index contributed by atoms with van der Waals surface area (Å²) < 4.78 is 0. The van der Waals surface area contributed by atoms with Gasteiger partial charge in [0.1, 0.15) is 10.8 Å². The number of aromatic amines is 1. The largest absolute Gasteiger partial charge is 0.345 e.